The van der Waals surface area contributed by atoms with E-state index in [-0.39, 0.29) is 0 Å². The van der Waals surface area contributed by atoms with Gasteiger partial charge in [0.1, 0.15) is 0 Å². The van der Waals surface area contributed by atoms with Crippen molar-refractivity contribution < 1.29 is 9.90 Å². The van der Waals surface area contributed by atoms with Crippen molar-refractivity contribution in [1.29, 1.82) is 0 Å². The van der Waals surface area contributed by atoms with Gasteiger partial charge in [-0.1, -0.05) is 18.2 Å². The van der Waals surface area contributed by atoms with Crippen LogP contribution in [0.3, 0.4) is 0 Å². The Bertz CT molecular complexity index is 433. The van der Waals surface area contributed by atoms with Crippen LogP contribution in [-0.4, -0.2) is 16.3 Å². The molecule has 0 heterocycles. The van der Waals surface area contributed by atoms with E-state index < -0.39 is 11.4 Å². The lowest BCUT2D eigenvalue weighted by atomic mass is 9.96. The van der Waals surface area contributed by atoms with Crippen molar-refractivity contribution in [3.05, 3.63) is 29.8 Å². The van der Waals surface area contributed by atoms with Crippen molar-refractivity contribution in [2.75, 3.05) is 0 Å². The summed E-state index contributed by atoms with van der Waals surface area (Å²) >= 11 is 1.86. The lowest BCUT2D eigenvalue weighted by molar-refractivity contribution is -0.140. The zero-order chi connectivity index (χ0) is 11.2. The second-order valence-electron chi connectivity index (χ2n) is 4.70. The Kier molecular flexibility index (Phi) is 2.25. The first kappa shape index (κ1) is 10.2. The average Bonchev–Trinajstić information content (AvgIpc) is 3.13. The summed E-state index contributed by atoms with van der Waals surface area (Å²) in [6.45, 7) is 0. The van der Waals surface area contributed by atoms with Gasteiger partial charge in [-0.3, -0.25) is 4.79 Å². The maximum absolute atomic E-state index is 11.3. The van der Waals surface area contributed by atoms with Gasteiger partial charge in [0.05, 0.1) is 5.41 Å². The van der Waals surface area contributed by atoms with Gasteiger partial charge in [0.2, 0.25) is 0 Å². The van der Waals surface area contributed by atoms with Gasteiger partial charge in [-0.15, -0.1) is 11.8 Å². The van der Waals surface area contributed by atoms with E-state index in [1.165, 1.54) is 17.7 Å². The molecule has 0 aliphatic heterocycles. The van der Waals surface area contributed by atoms with Crippen molar-refractivity contribution in [1.82, 2.24) is 0 Å². The molecule has 2 nitrogen and oxygen atoms in total. The van der Waals surface area contributed by atoms with E-state index in [4.69, 9.17) is 0 Å². The Hall–Kier alpha value is -0.960. The Morgan fingerprint density at radius 2 is 2.00 bits per heavy atom. The maximum Gasteiger partial charge on any atom is 0.314 e. The van der Waals surface area contributed by atoms with Crippen LogP contribution in [0.2, 0.25) is 0 Å². The molecule has 3 rings (SSSR count). The molecule has 84 valence electrons. The minimum atomic E-state index is -0.656. The smallest absolute Gasteiger partial charge is 0.314 e. The standard InChI is InChI=1S/C13H14O2S/c14-12(15)13(7-8-13)10-3-1-2-4-11(10)16-9-5-6-9/h1-4,9H,5-8H2,(H,14,15). The van der Waals surface area contributed by atoms with Crippen LogP contribution in [0.25, 0.3) is 0 Å². The van der Waals surface area contributed by atoms with E-state index in [1.807, 2.05) is 30.0 Å². The van der Waals surface area contributed by atoms with Gasteiger partial charge in [0.25, 0.3) is 0 Å². The third-order valence-corrected chi connectivity index (χ3v) is 4.79. The van der Waals surface area contributed by atoms with Crippen LogP contribution in [0.5, 0.6) is 0 Å². The summed E-state index contributed by atoms with van der Waals surface area (Å²) < 4.78 is 0. The number of carboxylic acid groups (broad SMARTS) is 1. The first-order valence-electron chi connectivity index (χ1n) is 5.72. The Labute approximate surface area is 99.1 Å². The van der Waals surface area contributed by atoms with Gasteiger partial charge < -0.3 is 5.11 Å². The van der Waals surface area contributed by atoms with Gasteiger partial charge in [-0.05, 0) is 37.3 Å². The molecular formula is C13H14O2S. The fourth-order valence-electron chi connectivity index (χ4n) is 2.05. The van der Waals surface area contributed by atoms with Crippen molar-refractivity contribution in [3.63, 3.8) is 0 Å². The largest absolute Gasteiger partial charge is 0.481 e. The summed E-state index contributed by atoms with van der Waals surface area (Å²) in [5.41, 5.74) is 0.484. The number of carboxylic acids is 1. The lowest BCUT2D eigenvalue weighted by Gasteiger charge is -2.14. The highest BCUT2D eigenvalue weighted by molar-refractivity contribution is 8.00. The number of hydrogen-bond acceptors (Lipinski definition) is 2. The van der Waals surface area contributed by atoms with Crippen LogP contribution in [0, 0.1) is 0 Å². The number of thioether (sulfide) groups is 1. The lowest BCUT2D eigenvalue weighted by Crippen LogP contribution is -2.20. The molecule has 0 saturated heterocycles. The van der Waals surface area contributed by atoms with E-state index in [0.717, 1.165) is 23.7 Å². The predicted octanol–water partition coefficient (Wildman–Crippen LogP) is 3.06. The minimum Gasteiger partial charge on any atom is -0.481 e. The molecule has 0 unspecified atom stereocenters. The molecule has 3 heteroatoms. The van der Waals surface area contributed by atoms with E-state index in [2.05, 4.69) is 6.07 Å². The molecule has 0 aromatic heterocycles. The molecule has 1 aromatic rings. The molecule has 16 heavy (non-hydrogen) atoms. The van der Waals surface area contributed by atoms with Crippen LogP contribution in [0.1, 0.15) is 31.2 Å². The fraction of sp³-hybridized carbons (Fsp3) is 0.462. The van der Waals surface area contributed by atoms with Crippen LogP contribution in [0.15, 0.2) is 29.2 Å². The first-order chi connectivity index (χ1) is 7.72. The average molecular weight is 234 g/mol. The van der Waals surface area contributed by atoms with Crippen LogP contribution < -0.4 is 0 Å². The van der Waals surface area contributed by atoms with Crippen LogP contribution >= 0.6 is 11.8 Å². The Morgan fingerprint density at radius 1 is 1.31 bits per heavy atom. The first-order valence-corrected chi connectivity index (χ1v) is 6.60. The summed E-state index contributed by atoms with van der Waals surface area (Å²) in [6.07, 6.45) is 4.15. The quantitative estimate of drug-likeness (QED) is 0.870. The maximum atomic E-state index is 11.3. The summed E-state index contributed by atoms with van der Waals surface area (Å²) in [7, 11) is 0. The van der Waals surface area contributed by atoms with Crippen LogP contribution in [0.4, 0.5) is 0 Å². The number of benzene rings is 1. The normalized spacial score (nSPS) is 21.8. The highest BCUT2D eigenvalue weighted by Gasteiger charge is 2.53. The number of rotatable bonds is 4. The Morgan fingerprint density at radius 3 is 2.56 bits per heavy atom. The molecule has 1 aromatic carbocycles. The molecule has 0 atom stereocenters. The zero-order valence-corrected chi connectivity index (χ0v) is 9.80. The molecule has 0 bridgehead atoms. The highest BCUT2D eigenvalue weighted by atomic mass is 32.2. The summed E-state index contributed by atoms with van der Waals surface area (Å²) in [5, 5.41) is 10.0. The molecule has 1 N–H and O–H groups in total. The number of hydrogen-bond donors (Lipinski definition) is 1. The zero-order valence-electron chi connectivity index (χ0n) is 8.98. The third kappa shape index (κ3) is 1.63. The molecule has 0 radical (unpaired) electrons. The molecule has 0 amide bonds. The van der Waals surface area contributed by atoms with Gasteiger partial charge in [-0.25, -0.2) is 0 Å². The molecule has 0 spiro atoms. The SMILES string of the molecule is O=C(O)C1(c2ccccc2SC2CC2)CC1. The van der Waals surface area contributed by atoms with E-state index in [9.17, 15) is 9.90 Å². The van der Waals surface area contributed by atoms with Crippen molar-refractivity contribution in [2.24, 2.45) is 0 Å². The second-order valence-corrected chi connectivity index (χ2v) is 6.04. The summed E-state index contributed by atoms with van der Waals surface area (Å²) in [4.78, 5) is 12.5. The minimum absolute atomic E-state index is 0.557. The summed E-state index contributed by atoms with van der Waals surface area (Å²) in [5.74, 6) is -0.656. The van der Waals surface area contributed by atoms with Crippen molar-refractivity contribution in [2.45, 2.75) is 41.2 Å². The van der Waals surface area contributed by atoms with E-state index in [1.54, 1.807) is 0 Å². The third-order valence-electron chi connectivity index (χ3n) is 3.38. The monoisotopic (exact) mass is 234 g/mol. The Balaban J connectivity index is 1.96. The van der Waals surface area contributed by atoms with Gasteiger partial charge in [0.15, 0.2) is 0 Å². The summed E-state index contributed by atoms with van der Waals surface area (Å²) in [6, 6.07) is 8.02. The second kappa shape index (κ2) is 3.52. The predicted molar refractivity (Wildman–Crippen MR) is 63.9 cm³/mol. The molecular weight excluding hydrogens is 220 g/mol. The molecule has 2 aliphatic carbocycles. The molecule has 2 aliphatic rings. The van der Waals surface area contributed by atoms with Gasteiger partial charge in [0, 0.05) is 10.1 Å². The highest BCUT2D eigenvalue weighted by Crippen LogP contribution is 2.53. The topological polar surface area (TPSA) is 37.3 Å². The molecule has 2 saturated carbocycles. The number of aliphatic carboxylic acids is 1. The van der Waals surface area contributed by atoms with Crippen molar-refractivity contribution in [3.8, 4) is 0 Å². The van der Waals surface area contributed by atoms with E-state index >= 15 is 0 Å². The van der Waals surface area contributed by atoms with Gasteiger partial charge >= 0.3 is 5.97 Å². The van der Waals surface area contributed by atoms with Gasteiger partial charge in [-0.2, -0.15) is 0 Å². The fourth-order valence-corrected chi connectivity index (χ4v) is 3.33. The number of carbonyl (C=O) groups is 1. The molecule has 2 fully saturated rings. The van der Waals surface area contributed by atoms with Crippen LogP contribution in [-0.2, 0) is 10.2 Å². The van der Waals surface area contributed by atoms with Crippen molar-refractivity contribution >= 4 is 17.7 Å². The van der Waals surface area contributed by atoms with E-state index in [0.29, 0.717) is 0 Å².